The molecule has 1 saturated heterocycles. The highest BCUT2D eigenvalue weighted by Gasteiger charge is 2.44. The Kier molecular flexibility index (Phi) is 5.55. The Hall–Kier alpha value is -1.40. The lowest BCUT2D eigenvalue weighted by atomic mass is 9.95. The fraction of sp³-hybridized carbons (Fsp3) is 0.455. The predicted octanol–water partition coefficient (Wildman–Crippen LogP) is 4.94. The predicted molar refractivity (Wildman–Crippen MR) is 111 cm³/mol. The molecule has 27 heavy (non-hydrogen) atoms. The summed E-state index contributed by atoms with van der Waals surface area (Å²) in [6.45, 7) is 2.15. The molecule has 2 aromatic rings. The molecule has 4 unspecified atom stereocenters. The highest BCUT2D eigenvalue weighted by molar-refractivity contribution is 7.96. The Labute approximate surface area is 165 Å². The standard InChI is InChI=1S/C22H27FN2OS/c1-27-24-19-5-4-12-25(26,15-19)14-17-13-22(17)21-7-3-2-6-20(21)16-8-10-18(23)11-9-16/h2-3,6-11,17,19,22,24H,4-5,12-15H2,1H3. The van der Waals surface area contributed by atoms with Gasteiger partial charge < -0.3 is 9.85 Å². The second-order valence-electron chi connectivity index (χ2n) is 8.00. The van der Waals surface area contributed by atoms with Crippen LogP contribution in [0.25, 0.3) is 11.1 Å². The van der Waals surface area contributed by atoms with E-state index in [1.807, 2.05) is 24.5 Å². The first kappa shape index (κ1) is 18.9. The van der Waals surface area contributed by atoms with Crippen molar-refractivity contribution in [1.82, 2.24) is 4.72 Å². The van der Waals surface area contributed by atoms with Crippen molar-refractivity contribution in [3.8, 4) is 11.1 Å². The van der Waals surface area contributed by atoms with Crippen LogP contribution >= 0.6 is 11.9 Å². The van der Waals surface area contributed by atoms with Crippen LogP contribution in [0.5, 0.6) is 0 Å². The highest BCUT2D eigenvalue weighted by Crippen LogP contribution is 2.51. The summed E-state index contributed by atoms with van der Waals surface area (Å²) in [7, 11) is 0. The van der Waals surface area contributed by atoms with Gasteiger partial charge in [-0.3, -0.25) is 4.72 Å². The normalized spacial score (nSPS) is 30.3. The molecule has 4 atom stereocenters. The SMILES string of the molecule is CSNC1CCC[N+]([O-])(CC2CC2c2ccccc2-c2ccc(F)cc2)C1. The van der Waals surface area contributed by atoms with Crippen LogP contribution in [0.15, 0.2) is 48.5 Å². The quantitative estimate of drug-likeness (QED) is 0.434. The number of rotatable bonds is 6. The minimum absolute atomic E-state index is 0.0574. The maximum absolute atomic E-state index is 13.3. The van der Waals surface area contributed by atoms with Gasteiger partial charge in [0.15, 0.2) is 0 Å². The van der Waals surface area contributed by atoms with Crippen molar-refractivity contribution in [2.45, 2.75) is 31.2 Å². The average Bonchev–Trinajstić information content (AvgIpc) is 3.41. The number of nitrogens with zero attached hydrogens (tertiary/aromatic N) is 1. The van der Waals surface area contributed by atoms with Gasteiger partial charge in [0.1, 0.15) is 5.82 Å². The summed E-state index contributed by atoms with van der Waals surface area (Å²) >= 11 is 1.62. The largest absolute Gasteiger partial charge is 0.633 e. The maximum Gasteiger partial charge on any atom is 0.123 e. The van der Waals surface area contributed by atoms with Crippen molar-refractivity contribution < 1.29 is 9.04 Å². The number of quaternary nitrogens is 1. The molecular formula is C22H27FN2OS. The zero-order valence-corrected chi connectivity index (χ0v) is 16.6. The lowest BCUT2D eigenvalue weighted by Crippen LogP contribution is -2.55. The molecule has 0 bridgehead atoms. The van der Waals surface area contributed by atoms with E-state index in [4.69, 9.17) is 0 Å². The number of likely N-dealkylation sites (tertiary alicyclic amines) is 1. The molecule has 0 spiro atoms. The molecule has 1 aliphatic heterocycles. The van der Waals surface area contributed by atoms with Crippen LogP contribution in [0, 0.1) is 16.9 Å². The van der Waals surface area contributed by atoms with Gasteiger partial charge in [-0.1, -0.05) is 48.3 Å². The van der Waals surface area contributed by atoms with Gasteiger partial charge in [-0.2, -0.15) is 0 Å². The molecule has 1 saturated carbocycles. The van der Waals surface area contributed by atoms with Crippen LogP contribution < -0.4 is 4.72 Å². The number of piperidine rings is 1. The van der Waals surface area contributed by atoms with Gasteiger partial charge in [-0.05, 0) is 60.3 Å². The Morgan fingerprint density at radius 2 is 1.96 bits per heavy atom. The molecule has 0 aromatic heterocycles. The minimum Gasteiger partial charge on any atom is -0.633 e. The molecule has 0 amide bonds. The second-order valence-corrected chi connectivity index (χ2v) is 8.65. The molecular weight excluding hydrogens is 359 g/mol. The van der Waals surface area contributed by atoms with Gasteiger partial charge in [0.05, 0.1) is 25.7 Å². The monoisotopic (exact) mass is 386 g/mol. The highest BCUT2D eigenvalue weighted by atomic mass is 32.2. The Balaban J connectivity index is 1.47. The molecule has 144 valence electrons. The fourth-order valence-corrected chi connectivity index (χ4v) is 5.13. The van der Waals surface area contributed by atoms with Crippen LogP contribution in [0.2, 0.25) is 0 Å². The van der Waals surface area contributed by atoms with E-state index in [2.05, 4.69) is 22.9 Å². The third kappa shape index (κ3) is 4.37. The van der Waals surface area contributed by atoms with Crippen molar-refractivity contribution in [3.63, 3.8) is 0 Å². The topological polar surface area (TPSA) is 35.1 Å². The summed E-state index contributed by atoms with van der Waals surface area (Å²) in [5.74, 6) is 0.693. The molecule has 5 heteroatoms. The Morgan fingerprint density at radius 1 is 1.19 bits per heavy atom. The lowest BCUT2D eigenvalue weighted by molar-refractivity contribution is -0.888. The van der Waals surface area contributed by atoms with Gasteiger partial charge in [0.2, 0.25) is 0 Å². The summed E-state index contributed by atoms with van der Waals surface area (Å²) in [4.78, 5) is 0. The van der Waals surface area contributed by atoms with Crippen molar-refractivity contribution >= 4 is 11.9 Å². The summed E-state index contributed by atoms with van der Waals surface area (Å²) in [6.07, 6.45) is 5.22. The van der Waals surface area contributed by atoms with Gasteiger partial charge in [0.25, 0.3) is 0 Å². The van der Waals surface area contributed by atoms with Gasteiger partial charge in [0, 0.05) is 5.92 Å². The van der Waals surface area contributed by atoms with E-state index in [-0.39, 0.29) is 10.5 Å². The summed E-state index contributed by atoms with van der Waals surface area (Å²) in [6, 6.07) is 15.4. The average molecular weight is 387 g/mol. The van der Waals surface area contributed by atoms with E-state index < -0.39 is 0 Å². The molecule has 1 N–H and O–H groups in total. The van der Waals surface area contributed by atoms with Crippen LogP contribution in [0.4, 0.5) is 4.39 Å². The lowest BCUT2D eigenvalue weighted by Gasteiger charge is -2.48. The molecule has 3 nitrogen and oxygen atoms in total. The van der Waals surface area contributed by atoms with E-state index in [0.29, 0.717) is 24.4 Å². The van der Waals surface area contributed by atoms with Crippen molar-refractivity contribution in [3.05, 3.63) is 65.1 Å². The number of hydrogen-bond donors (Lipinski definition) is 1. The fourth-order valence-electron chi connectivity index (χ4n) is 4.61. The van der Waals surface area contributed by atoms with E-state index in [9.17, 15) is 9.60 Å². The van der Waals surface area contributed by atoms with Gasteiger partial charge in [-0.15, -0.1) is 0 Å². The third-order valence-corrected chi connectivity index (χ3v) is 6.53. The first-order valence-electron chi connectivity index (χ1n) is 9.78. The zero-order chi connectivity index (χ0) is 18.9. The molecule has 1 aliphatic carbocycles. The number of hydroxylamine groups is 3. The van der Waals surface area contributed by atoms with E-state index in [1.165, 1.54) is 23.3 Å². The molecule has 0 radical (unpaired) electrons. The molecule has 2 aliphatic rings. The van der Waals surface area contributed by atoms with Gasteiger partial charge in [-0.25, -0.2) is 4.39 Å². The molecule has 1 heterocycles. The van der Waals surface area contributed by atoms with Crippen molar-refractivity contribution in [1.29, 1.82) is 0 Å². The van der Waals surface area contributed by atoms with E-state index in [0.717, 1.165) is 37.9 Å². The van der Waals surface area contributed by atoms with Crippen LogP contribution in [0.3, 0.4) is 0 Å². The number of benzene rings is 2. The first-order chi connectivity index (χ1) is 13.1. The first-order valence-corrected chi connectivity index (χ1v) is 11.0. The molecule has 2 fully saturated rings. The number of hydrogen-bond acceptors (Lipinski definition) is 3. The van der Waals surface area contributed by atoms with Crippen LogP contribution in [0.1, 0.15) is 30.7 Å². The maximum atomic E-state index is 13.3. The van der Waals surface area contributed by atoms with Crippen molar-refractivity contribution in [2.75, 3.05) is 25.9 Å². The smallest absolute Gasteiger partial charge is 0.123 e. The summed E-state index contributed by atoms with van der Waals surface area (Å²) in [5.41, 5.74) is 3.52. The van der Waals surface area contributed by atoms with Crippen LogP contribution in [-0.4, -0.2) is 36.6 Å². The van der Waals surface area contributed by atoms with Crippen LogP contribution in [-0.2, 0) is 0 Å². The number of halogens is 1. The van der Waals surface area contributed by atoms with Gasteiger partial charge >= 0.3 is 0 Å². The molecule has 4 rings (SSSR count). The summed E-state index contributed by atoms with van der Waals surface area (Å²) in [5, 5.41) is 13.3. The molecule has 2 aromatic carbocycles. The second kappa shape index (κ2) is 7.92. The third-order valence-electron chi connectivity index (χ3n) is 5.96. The zero-order valence-electron chi connectivity index (χ0n) is 15.7. The van der Waals surface area contributed by atoms with E-state index >= 15 is 0 Å². The number of nitrogens with one attached hydrogen (secondary N) is 1. The van der Waals surface area contributed by atoms with E-state index in [1.54, 1.807) is 11.9 Å². The Bertz CT molecular complexity index is 782. The van der Waals surface area contributed by atoms with Crippen molar-refractivity contribution in [2.24, 2.45) is 5.92 Å². The minimum atomic E-state index is -0.211. The summed E-state index contributed by atoms with van der Waals surface area (Å²) < 4.78 is 16.6. The Morgan fingerprint density at radius 3 is 2.74 bits per heavy atom.